The van der Waals surface area contributed by atoms with Crippen LogP contribution in [-0.4, -0.2) is 50.7 Å². The van der Waals surface area contributed by atoms with Crippen LogP contribution in [0, 0.1) is 0 Å². The molecule has 150 valence electrons. The number of rotatable bonds is 6. The molecule has 0 unspecified atom stereocenters. The lowest BCUT2D eigenvalue weighted by atomic mass is 9.87. The minimum absolute atomic E-state index is 0.0498. The Morgan fingerprint density at radius 1 is 1.21 bits per heavy atom. The molecule has 6 heteroatoms. The number of aliphatic hydroxyl groups excluding tert-OH is 1. The molecule has 0 saturated carbocycles. The van der Waals surface area contributed by atoms with Gasteiger partial charge in [-0.25, -0.2) is 0 Å². The molecule has 2 aliphatic heterocycles. The number of likely N-dealkylation sites (N-methyl/N-ethyl adjacent to an activating group) is 1. The molecule has 0 fully saturated rings. The first kappa shape index (κ1) is 18.9. The lowest BCUT2D eigenvalue weighted by molar-refractivity contribution is 0.107. The summed E-state index contributed by atoms with van der Waals surface area (Å²) in [6.45, 7) is 1.14. The smallest absolute Gasteiger partial charge is 0.231 e. The Kier molecular flexibility index (Phi) is 5.33. The van der Waals surface area contributed by atoms with Gasteiger partial charge in [0.1, 0.15) is 5.75 Å². The van der Waals surface area contributed by atoms with Gasteiger partial charge in [0.2, 0.25) is 12.5 Å². The molecule has 0 bridgehead atoms. The molecule has 1 N–H and O–H groups in total. The van der Waals surface area contributed by atoms with Crippen LogP contribution >= 0.6 is 0 Å². The molecule has 0 aliphatic carbocycles. The number of aliphatic hydroxyl groups is 1. The molecule has 28 heavy (non-hydrogen) atoms. The topological polar surface area (TPSA) is 60.4 Å². The van der Waals surface area contributed by atoms with Gasteiger partial charge in [0.05, 0.1) is 20.3 Å². The van der Waals surface area contributed by atoms with E-state index in [1.165, 1.54) is 5.56 Å². The summed E-state index contributed by atoms with van der Waals surface area (Å²) in [6.07, 6.45) is 1.61. The maximum Gasteiger partial charge on any atom is 0.231 e. The summed E-state index contributed by atoms with van der Waals surface area (Å²) in [4.78, 5) is 2.28. The highest BCUT2D eigenvalue weighted by Crippen LogP contribution is 2.50. The van der Waals surface area contributed by atoms with Crippen LogP contribution < -0.4 is 18.9 Å². The maximum absolute atomic E-state index is 10.9. The van der Waals surface area contributed by atoms with Crippen molar-refractivity contribution >= 4 is 0 Å². The number of ether oxygens (including phenoxy) is 4. The standard InChI is InChI=1S/C22H27NO5/c1-23-8-7-15-11-19-21(28-13-27-19)22(26-3)20(15)18(23)12-16(24)9-14-5-4-6-17(10-14)25-2/h4-6,10-11,16,18,24H,7-9,12-13H2,1-3H3/t16-,18+/m1/s1. The molecule has 2 aromatic carbocycles. The lowest BCUT2D eigenvalue weighted by Crippen LogP contribution is -2.35. The molecule has 2 atom stereocenters. The highest BCUT2D eigenvalue weighted by atomic mass is 16.7. The number of hydrogen-bond donors (Lipinski definition) is 1. The zero-order valence-corrected chi connectivity index (χ0v) is 16.6. The van der Waals surface area contributed by atoms with Crippen LogP contribution in [0.5, 0.6) is 23.0 Å². The van der Waals surface area contributed by atoms with Crippen molar-refractivity contribution in [1.82, 2.24) is 4.90 Å². The quantitative estimate of drug-likeness (QED) is 0.825. The highest BCUT2D eigenvalue weighted by molar-refractivity contribution is 5.61. The lowest BCUT2D eigenvalue weighted by Gasteiger charge is -2.37. The van der Waals surface area contributed by atoms with E-state index in [1.54, 1.807) is 14.2 Å². The summed E-state index contributed by atoms with van der Waals surface area (Å²) >= 11 is 0. The maximum atomic E-state index is 10.9. The molecule has 0 spiro atoms. The van der Waals surface area contributed by atoms with E-state index < -0.39 is 6.10 Å². The van der Waals surface area contributed by atoms with E-state index in [4.69, 9.17) is 18.9 Å². The van der Waals surface area contributed by atoms with Gasteiger partial charge in [-0.2, -0.15) is 0 Å². The molecular weight excluding hydrogens is 358 g/mol. The fourth-order valence-corrected chi connectivity index (χ4v) is 4.24. The fraction of sp³-hybridized carbons (Fsp3) is 0.455. The summed E-state index contributed by atoms with van der Waals surface area (Å²) in [7, 11) is 5.41. The van der Waals surface area contributed by atoms with Crippen molar-refractivity contribution in [3.63, 3.8) is 0 Å². The summed E-state index contributed by atoms with van der Waals surface area (Å²) in [5.74, 6) is 2.95. The van der Waals surface area contributed by atoms with Gasteiger partial charge in [0.25, 0.3) is 0 Å². The largest absolute Gasteiger partial charge is 0.497 e. The number of benzene rings is 2. The second-order valence-corrected chi connectivity index (χ2v) is 7.41. The van der Waals surface area contributed by atoms with Crippen LogP contribution in [-0.2, 0) is 12.8 Å². The second kappa shape index (κ2) is 7.89. The average molecular weight is 385 g/mol. The number of hydrogen-bond acceptors (Lipinski definition) is 6. The minimum atomic E-state index is -0.486. The summed E-state index contributed by atoms with van der Waals surface area (Å²) in [6, 6.07) is 9.97. The van der Waals surface area contributed by atoms with E-state index in [0.29, 0.717) is 18.6 Å². The zero-order valence-electron chi connectivity index (χ0n) is 16.6. The fourth-order valence-electron chi connectivity index (χ4n) is 4.24. The average Bonchev–Trinajstić information content (AvgIpc) is 3.17. The van der Waals surface area contributed by atoms with Crippen molar-refractivity contribution in [2.24, 2.45) is 0 Å². The van der Waals surface area contributed by atoms with E-state index in [0.717, 1.165) is 41.3 Å². The molecule has 2 aliphatic rings. The summed E-state index contributed by atoms with van der Waals surface area (Å²) in [5.41, 5.74) is 3.37. The van der Waals surface area contributed by atoms with Gasteiger partial charge in [-0.3, -0.25) is 4.90 Å². The Bertz CT molecular complexity index is 853. The number of fused-ring (bicyclic) bond motifs is 2. The Balaban J connectivity index is 1.60. The number of nitrogens with zero attached hydrogens (tertiary/aromatic N) is 1. The van der Waals surface area contributed by atoms with E-state index in [-0.39, 0.29) is 12.8 Å². The Morgan fingerprint density at radius 3 is 2.86 bits per heavy atom. The van der Waals surface area contributed by atoms with E-state index in [2.05, 4.69) is 18.0 Å². The first-order chi connectivity index (χ1) is 13.6. The molecule has 0 amide bonds. The van der Waals surface area contributed by atoms with Crippen molar-refractivity contribution < 1.29 is 24.1 Å². The molecule has 2 aromatic rings. The molecular formula is C22H27NO5. The molecule has 0 aromatic heterocycles. The third-order valence-corrected chi connectivity index (χ3v) is 5.65. The van der Waals surface area contributed by atoms with E-state index in [1.807, 2.05) is 24.3 Å². The molecule has 6 nitrogen and oxygen atoms in total. The third kappa shape index (κ3) is 3.50. The van der Waals surface area contributed by atoms with Crippen molar-refractivity contribution in [2.75, 3.05) is 34.6 Å². The number of methoxy groups -OCH3 is 2. The molecule has 4 rings (SSSR count). The predicted molar refractivity (Wildman–Crippen MR) is 106 cm³/mol. The monoisotopic (exact) mass is 385 g/mol. The normalized spacial score (nSPS) is 19.2. The highest BCUT2D eigenvalue weighted by Gasteiger charge is 2.34. The van der Waals surface area contributed by atoms with Crippen LogP contribution in [0.15, 0.2) is 30.3 Å². The minimum Gasteiger partial charge on any atom is -0.497 e. The summed E-state index contributed by atoms with van der Waals surface area (Å²) < 4.78 is 22.3. The van der Waals surface area contributed by atoms with Gasteiger partial charge < -0.3 is 24.1 Å². The first-order valence-electron chi connectivity index (χ1n) is 9.61. The van der Waals surface area contributed by atoms with Gasteiger partial charge in [-0.05, 0) is 55.6 Å². The zero-order chi connectivity index (χ0) is 19.7. The van der Waals surface area contributed by atoms with Gasteiger partial charge in [-0.1, -0.05) is 12.1 Å². The SMILES string of the molecule is COc1cccc(C[C@@H](O)C[C@H]2c3c(cc4c(c3OC)OCO4)CCN2C)c1. The van der Waals surface area contributed by atoms with Gasteiger partial charge in [0.15, 0.2) is 11.5 Å². The molecule has 2 heterocycles. The van der Waals surface area contributed by atoms with Crippen molar-refractivity contribution in [1.29, 1.82) is 0 Å². The predicted octanol–water partition coefficient (Wildman–Crippen LogP) is 2.96. The summed E-state index contributed by atoms with van der Waals surface area (Å²) in [5, 5.41) is 10.9. The van der Waals surface area contributed by atoms with Crippen LogP contribution in [0.1, 0.15) is 29.2 Å². The first-order valence-corrected chi connectivity index (χ1v) is 9.61. The third-order valence-electron chi connectivity index (χ3n) is 5.65. The van der Waals surface area contributed by atoms with E-state index >= 15 is 0 Å². The van der Waals surface area contributed by atoms with Crippen LogP contribution in [0.2, 0.25) is 0 Å². The van der Waals surface area contributed by atoms with Crippen LogP contribution in [0.4, 0.5) is 0 Å². The Morgan fingerprint density at radius 2 is 2.07 bits per heavy atom. The Labute approximate surface area is 165 Å². The van der Waals surface area contributed by atoms with Crippen molar-refractivity contribution in [3.8, 4) is 23.0 Å². The van der Waals surface area contributed by atoms with Gasteiger partial charge in [0, 0.05) is 18.2 Å². The van der Waals surface area contributed by atoms with Gasteiger partial charge >= 0.3 is 0 Å². The van der Waals surface area contributed by atoms with Crippen LogP contribution in [0.25, 0.3) is 0 Å². The van der Waals surface area contributed by atoms with Crippen molar-refractivity contribution in [2.45, 2.75) is 31.4 Å². The van der Waals surface area contributed by atoms with Gasteiger partial charge in [-0.15, -0.1) is 0 Å². The second-order valence-electron chi connectivity index (χ2n) is 7.41. The molecule has 0 radical (unpaired) electrons. The molecule has 0 saturated heterocycles. The van der Waals surface area contributed by atoms with Crippen molar-refractivity contribution in [3.05, 3.63) is 47.0 Å². The van der Waals surface area contributed by atoms with E-state index in [9.17, 15) is 5.11 Å². The Hall–Kier alpha value is -2.44. The van der Waals surface area contributed by atoms with Crippen LogP contribution in [0.3, 0.4) is 0 Å².